The van der Waals surface area contributed by atoms with Gasteiger partial charge in [-0.1, -0.05) is 132 Å². The largest absolute Gasteiger partial charge is 0.462 e. The molecule has 0 saturated carbocycles. The molecule has 5 aliphatic heterocycles. The molecule has 4 aromatic heterocycles. The Morgan fingerprint density at radius 2 is 0.955 bits per heavy atom. The van der Waals surface area contributed by atoms with E-state index in [1.807, 2.05) is 161 Å². The predicted molar refractivity (Wildman–Crippen MR) is 434 cm³/mol. The van der Waals surface area contributed by atoms with E-state index in [9.17, 15) is 28.8 Å². The molecular weight excluding hydrogens is 1620 g/mol. The molecule has 0 unspecified atom stereocenters. The zero-order chi connectivity index (χ0) is 76.8. The number of pyridine rings is 4. The van der Waals surface area contributed by atoms with Crippen molar-refractivity contribution in [2.24, 2.45) is 10.3 Å². The number of benzene rings is 6. The maximum absolute atomic E-state index is 13.8. The predicted octanol–water partition coefficient (Wildman–Crippen LogP) is 15.9. The molecule has 3 amide bonds. The van der Waals surface area contributed by atoms with Crippen LogP contribution in [0.4, 0.5) is 22.2 Å². The second-order valence-electron chi connectivity index (χ2n) is 29.9. The van der Waals surface area contributed by atoms with Crippen LogP contribution in [-0.4, -0.2) is 152 Å². The number of halogens is 1. The van der Waals surface area contributed by atoms with Crippen molar-refractivity contribution in [1.82, 2.24) is 35.5 Å². The summed E-state index contributed by atoms with van der Waals surface area (Å²) in [4.78, 5) is 108. The summed E-state index contributed by atoms with van der Waals surface area (Å²) < 4.78 is 11.0. The average molecular weight is 1720 g/mol. The standard InChI is InChI=1S/2C26H26N4O3.C19H25N3O2.C9H6BrN.C5H10O2.CH3.W/c2*1-26(2)23(31)22(29-33-26)18-9-11-19(12-10-18)25(32)30(20-7-5-14-27-16-20)24-21-8-4-3-6-17(21)13-15-28-24;1-19(2,3)24-18(23)22-12-6-8-15(13-22)21-17-16-9-5-4-7-14(16)10-11-20-17;10-9-8-4-2-1-3-7(8)5-6-11-9;1-5(2,3)7-4-6;;/h2*3-4,6,8-13,15,20,27H,5,7,14,16H2,1-2H3;4-5,7,9-11,15H,6,8,12-13H2,1-3H3,(H,20,21);1-6H;4H,1-3H3;1H3;/q;;;;;-1;/t2*20-;15-;;;;/m111..../s1. The number of aromatic nitrogens is 4. The van der Waals surface area contributed by atoms with Crippen LogP contribution in [0.2, 0.25) is 0 Å². The topological polar surface area (TPSA) is 261 Å². The van der Waals surface area contributed by atoms with Gasteiger partial charge in [-0.2, -0.15) is 0 Å². The maximum Gasteiger partial charge on any atom is 0.410 e. The minimum absolute atomic E-state index is 0. The van der Waals surface area contributed by atoms with Gasteiger partial charge < -0.3 is 47.4 Å². The molecule has 3 saturated heterocycles. The number of oxime groups is 2. The molecule has 3 N–H and O–H groups in total. The Morgan fingerprint density at radius 3 is 1.35 bits per heavy atom. The van der Waals surface area contributed by atoms with Crippen molar-refractivity contribution in [3.63, 3.8) is 0 Å². The zero-order valence-electron chi connectivity index (χ0n) is 64.2. The summed E-state index contributed by atoms with van der Waals surface area (Å²) >= 11 is 3.39. The van der Waals surface area contributed by atoms with Gasteiger partial charge in [0.1, 0.15) is 33.3 Å². The van der Waals surface area contributed by atoms with Crippen molar-refractivity contribution in [3.8, 4) is 0 Å². The molecule has 3 fully saturated rings. The van der Waals surface area contributed by atoms with E-state index in [-0.39, 0.29) is 93.1 Å². The first-order chi connectivity index (χ1) is 51.8. The summed E-state index contributed by atoms with van der Waals surface area (Å²) in [6.45, 7) is 23.1. The van der Waals surface area contributed by atoms with Crippen molar-refractivity contribution < 1.29 is 69.0 Å². The zero-order valence-corrected chi connectivity index (χ0v) is 68.7. The Kier molecular flexibility index (Phi) is 28.6. The average Bonchev–Trinajstić information content (AvgIpc) is 1.15. The number of ether oxygens (including phenoxy) is 2. The summed E-state index contributed by atoms with van der Waals surface area (Å²) in [5.74, 6) is 1.64. The van der Waals surface area contributed by atoms with E-state index < -0.39 is 16.8 Å². The Morgan fingerprint density at radius 1 is 0.545 bits per heavy atom. The monoisotopic (exact) mass is 1720 g/mol. The number of likely N-dealkylation sites (tertiary alicyclic amines) is 1. The van der Waals surface area contributed by atoms with Gasteiger partial charge in [-0.15, -0.1) is 0 Å². The van der Waals surface area contributed by atoms with E-state index in [2.05, 4.69) is 85.1 Å². The van der Waals surface area contributed by atoms with Gasteiger partial charge in [-0.05, 0) is 207 Å². The number of Topliss-reactive ketones (excluding diaryl/α,β-unsaturated/α-hetero) is 2. The number of fused-ring (bicyclic) bond motifs is 4. The fourth-order valence-electron chi connectivity index (χ4n) is 13.1. The fourth-order valence-corrected chi connectivity index (χ4v) is 13.5. The first-order valence-electron chi connectivity index (χ1n) is 36.6. The Bertz CT molecular complexity index is 4720. The Labute approximate surface area is 665 Å². The third-order valence-corrected chi connectivity index (χ3v) is 19.3. The molecule has 22 nitrogen and oxygen atoms in total. The molecule has 574 valence electrons. The van der Waals surface area contributed by atoms with E-state index in [0.717, 1.165) is 106 Å². The molecule has 0 bridgehead atoms. The molecule has 10 aromatic rings. The van der Waals surface area contributed by atoms with Crippen molar-refractivity contribution in [2.75, 3.05) is 54.4 Å². The fraction of sp³-hybridized carbons (Fsp3) is 0.337. The van der Waals surface area contributed by atoms with Gasteiger partial charge in [0.2, 0.25) is 11.6 Å². The smallest absolute Gasteiger partial charge is 0.410 e. The first kappa shape index (κ1) is 83.8. The van der Waals surface area contributed by atoms with Crippen LogP contribution in [0, 0.1) is 7.43 Å². The van der Waals surface area contributed by atoms with Crippen LogP contribution in [0.1, 0.15) is 140 Å². The normalized spacial score (nSPS) is 17.6. The number of carbonyl (C=O) groups excluding carboxylic acids is 6. The number of piperidine rings is 3. The van der Waals surface area contributed by atoms with E-state index in [1.165, 1.54) is 5.39 Å². The molecular formula is C86H96BrN12O10W-. The second kappa shape index (κ2) is 37.5. The summed E-state index contributed by atoms with van der Waals surface area (Å²) in [7, 11) is 0. The van der Waals surface area contributed by atoms with Gasteiger partial charge >= 0.3 is 6.09 Å². The molecule has 0 spiro atoms. The maximum atomic E-state index is 13.8. The van der Waals surface area contributed by atoms with Crippen molar-refractivity contribution in [2.45, 2.75) is 148 Å². The molecule has 6 aromatic carbocycles. The molecule has 0 aliphatic carbocycles. The van der Waals surface area contributed by atoms with Crippen LogP contribution in [0.25, 0.3) is 43.1 Å². The van der Waals surface area contributed by atoms with Crippen LogP contribution in [0.15, 0.2) is 210 Å². The van der Waals surface area contributed by atoms with Gasteiger partial charge in [0.05, 0.1) is 12.1 Å². The molecule has 5 aliphatic rings. The van der Waals surface area contributed by atoms with E-state index in [0.29, 0.717) is 60.0 Å². The van der Waals surface area contributed by atoms with E-state index >= 15 is 0 Å². The number of ketones is 2. The summed E-state index contributed by atoms with van der Waals surface area (Å²) in [6, 6.07) is 54.4. The number of carbonyl (C=O) groups is 6. The van der Waals surface area contributed by atoms with Crippen LogP contribution in [-0.2, 0) is 54.6 Å². The number of rotatable bonds is 11. The van der Waals surface area contributed by atoms with Gasteiger partial charge in [0.25, 0.3) is 18.3 Å². The molecule has 15 rings (SSSR count). The van der Waals surface area contributed by atoms with Gasteiger partial charge in [0, 0.05) is 122 Å². The van der Waals surface area contributed by atoms with Crippen LogP contribution >= 0.6 is 15.9 Å². The number of nitrogens with one attached hydrogen (secondary N) is 3. The first-order valence-corrected chi connectivity index (χ1v) is 37.3. The number of hydrogen-bond donors (Lipinski definition) is 3. The molecule has 0 radical (unpaired) electrons. The van der Waals surface area contributed by atoms with Crippen LogP contribution in [0.3, 0.4) is 0 Å². The van der Waals surface area contributed by atoms with Gasteiger partial charge in [-0.3, -0.25) is 33.8 Å². The third-order valence-electron chi connectivity index (χ3n) is 18.7. The van der Waals surface area contributed by atoms with Crippen LogP contribution in [0.5, 0.6) is 0 Å². The second-order valence-corrected chi connectivity index (χ2v) is 30.6. The van der Waals surface area contributed by atoms with Crippen molar-refractivity contribution >= 4 is 124 Å². The molecule has 24 heteroatoms. The van der Waals surface area contributed by atoms with E-state index in [4.69, 9.17) is 14.4 Å². The molecule has 3 atom stereocenters. The number of hydrogen-bond acceptors (Lipinski definition) is 19. The number of amides is 3. The van der Waals surface area contributed by atoms with Gasteiger partial charge in [-0.25, -0.2) is 24.7 Å². The van der Waals surface area contributed by atoms with Crippen molar-refractivity contribution in [1.29, 1.82) is 0 Å². The van der Waals surface area contributed by atoms with E-state index in [1.54, 1.807) is 99.7 Å². The quantitative estimate of drug-likeness (QED) is 0.0617. The molecule has 110 heavy (non-hydrogen) atoms. The number of anilines is 3. The summed E-state index contributed by atoms with van der Waals surface area (Å²) in [6.07, 6.45) is 12.7. The summed E-state index contributed by atoms with van der Waals surface area (Å²) in [5.41, 5.74) is 0.189. The third kappa shape index (κ3) is 21.0. The Hall–Kier alpha value is -10.2. The molecule has 9 heterocycles. The van der Waals surface area contributed by atoms with Crippen molar-refractivity contribution in [3.05, 3.63) is 229 Å². The SMILES string of the molecule is Brc1nccc2ccccc12.CC(C)(C)OC(=O)N1CCC[C@@H](Nc2nccc3ccccc23)C1.CC(C)(C)OC=O.CC1(C)ON=C(c2ccc(C(=O)N(c3nccc4ccccc34)[C@@H]3CCCNC3)cc2)C1=O.CC1(C)ON=C(c2ccc(C(=O)N(c3nccc4ccccc34)[C@@H]3CCCNC3)cc2)C1=O.[CH3-].[W]. The minimum atomic E-state index is -0.964. The Balaban J connectivity index is 0.000000170. The number of nitrogens with zero attached hydrogens (tertiary/aromatic N) is 9. The van der Waals surface area contributed by atoms with Crippen LogP contribution < -0.4 is 25.8 Å². The van der Waals surface area contributed by atoms with Gasteiger partial charge in [0.15, 0.2) is 22.6 Å². The minimum Gasteiger partial charge on any atom is -0.462 e. The summed E-state index contributed by atoms with van der Waals surface area (Å²) in [5, 5.41) is 26.9.